The number of rotatable bonds is 4. The molecule has 3 rings (SSSR count). The lowest BCUT2D eigenvalue weighted by atomic mass is 9.98. The minimum absolute atomic E-state index is 0.249. The van der Waals surface area contributed by atoms with Crippen molar-refractivity contribution in [1.82, 2.24) is 4.57 Å². The first-order valence-electron chi connectivity index (χ1n) is 8.84. The lowest BCUT2D eigenvalue weighted by Crippen LogP contribution is -2.17. The van der Waals surface area contributed by atoms with Gasteiger partial charge in [-0.1, -0.05) is 18.7 Å². The van der Waals surface area contributed by atoms with Crippen LogP contribution in [0.15, 0.2) is 49.0 Å². The summed E-state index contributed by atoms with van der Waals surface area (Å²) in [4.78, 5) is 14.2. The lowest BCUT2D eigenvalue weighted by molar-refractivity contribution is -0.0689. The molecule has 29 heavy (non-hydrogen) atoms. The number of alkyl halides is 3. The zero-order valence-corrected chi connectivity index (χ0v) is 16.6. The summed E-state index contributed by atoms with van der Waals surface area (Å²) < 4.78 is 47.3. The summed E-state index contributed by atoms with van der Waals surface area (Å²) in [6.07, 6.45) is -4.69. The summed E-state index contributed by atoms with van der Waals surface area (Å²) in [7, 11) is 5.19. The van der Waals surface area contributed by atoms with E-state index in [-0.39, 0.29) is 5.69 Å². The molecule has 0 atom stereocenters. The first-order valence-corrected chi connectivity index (χ1v) is 8.84. The van der Waals surface area contributed by atoms with Crippen LogP contribution in [0.4, 0.5) is 18.9 Å². The third-order valence-corrected chi connectivity index (χ3v) is 4.79. The second-order valence-electron chi connectivity index (χ2n) is 6.88. The Morgan fingerprint density at radius 1 is 1.10 bits per heavy atom. The van der Waals surface area contributed by atoms with Gasteiger partial charge in [-0.3, -0.25) is 9.36 Å². The number of carbonyl (C=O) groups is 1. The maximum absolute atomic E-state index is 13.7. The highest BCUT2D eigenvalue weighted by Crippen LogP contribution is 2.44. The highest BCUT2D eigenvalue weighted by Gasteiger charge is 2.38. The van der Waals surface area contributed by atoms with E-state index >= 15 is 0 Å². The van der Waals surface area contributed by atoms with Crippen LogP contribution in [-0.4, -0.2) is 37.9 Å². The average molecular weight is 402 g/mol. The third-order valence-electron chi connectivity index (χ3n) is 4.79. The van der Waals surface area contributed by atoms with Crippen molar-refractivity contribution in [1.29, 1.82) is 0 Å². The molecular formula is C22H21F3N2O2. The van der Waals surface area contributed by atoms with Crippen molar-refractivity contribution in [3.63, 3.8) is 0 Å². The first-order chi connectivity index (χ1) is 13.6. The molecule has 0 fully saturated rings. The van der Waals surface area contributed by atoms with Crippen molar-refractivity contribution in [2.75, 3.05) is 26.1 Å². The van der Waals surface area contributed by atoms with Gasteiger partial charge in [0.05, 0.1) is 23.9 Å². The summed E-state index contributed by atoms with van der Waals surface area (Å²) in [6, 6.07) is 11.9. The normalized spacial score (nSPS) is 11.6. The summed E-state index contributed by atoms with van der Waals surface area (Å²) in [5.74, 6) is 0.0574. The van der Waals surface area contributed by atoms with Crippen LogP contribution in [0, 0.1) is 0 Å². The molecule has 7 heteroatoms. The zero-order valence-electron chi connectivity index (χ0n) is 16.6. The minimum atomic E-state index is -4.69. The number of aromatic nitrogens is 1. The minimum Gasteiger partial charge on any atom is -0.497 e. The van der Waals surface area contributed by atoms with E-state index < -0.39 is 17.7 Å². The molecule has 0 aliphatic carbocycles. The molecule has 0 spiro atoms. The maximum Gasteiger partial charge on any atom is 0.417 e. The molecule has 0 aliphatic rings. The van der Waals surface area contributed by atoms with E-state index in [4.69, 9.17) is 4.74 Å². The fraction of sp³-hybridized carbons (Fsp3) is 0.227. The van der Waals surface area contributed by atoms with Crippen LogP contribution in [0.1, 0.15) is 17.4 Å². The van der Waals surface area contributed by atoms with Crippen LogP contribution in [0.25, 0.3) is 27.6 Å². The van der Waals surface area contributed by atoms with Gasteiger partial charge in [0.15, 0.2) is 0 Å². The summed E-state index contributed by atoms with van der Waals surface area (Å²) >= 11 is 0. The molecule has 0 N–H and O–H groups in total. The van der Waals surface area contributed by atoms with E-state index in [0.717, 1.165) is 10.3 Å². The Kier molecular flexibility index (Phi) is 5.17. The number of allylic oxidation sites excluding steroid dienone is 1. The second kappa shape index (κ2) is 7.31. The zero-order chi connectivity index (χ0) is 21.5. The highest BCUT2D eigenvalue weighted by atomic mass is 19.4. The Morgan fingerprint density at radius 2 is 1.72 bits per heavy atom. The number of hydrogen-bond acceptors (Lipinski definition) is 3. The number of fused-ring (bicyclic) bond motifs is 1. The Morgan fingerprint density at radius 3 is 2.21 bits per heavy atom. The highest BCUT2D eigenvalue weighted by molar-refractivity contribution is 6.08. The van der Waals surface area contributed by atoms with Gasteiger partial charge >= 0.3 is 6.18 Å². The van der Waals surface area contributed by atoms with Gasteiger partial charge in [-0.05, 0) is 35.9 Å². The molecular weight excluding hydrogens is 381 g/mol. The number of nitrogens with zero attached hydrogens (tertiary/aromatic N) is 2. The van der Waals surface area contributed by atoms with Gasteiger partial charge in [0.25, 0.3) is 0 Å². The molecule has 0 bridgehead atoms. The predicted octanol–water partition coefficient (Wildman–Crippen LogP) is 5.62. The molecule has 1 aromatic heterocycles. The summed E-state index contributed by atoms with van der Waals surface area (Å²) in [6.45, 7) is 4.52. The average Bonchev–Trinajstić information content (AvgIpc) is 3.00. The molecule has 0 amide bonds. The van der Waals surface area contributed by atoms with Crippen molar-refractivity contribution >= 4 is 28.1 Å². The molecule has 0 unspecified atom stereocenters. The molecule has 3 aromatic rings. The molecule has 1 heterocycles. The van der Waals surface area contributed by atoms with Crippen LogP contribution in [0.3, 0.4) is 0 Å². The van der Waals surface area contributed by atoms with E-state index in [1.807, 2.05) is 19.0 Å². The summed E-state index contributed by atoms with van der Waals surface area (Å²) in [5.41, 5.74) is 0.727. The fourth-order valence-corrected chi connectivity index (χ4v) is 3.35. The maximum atomic E-state index is 13.7. The Labute approximate surface area is 166 Å². The standard InChI is InChI=1S/C22H21F3N2O2/c1-13(22(23,24)25)21-20(15-6-9-17(29-5)10-7-15)18-12-16(26(3)4)8-11-19(18)27(21)14(2)28/h6-12H,1H2,2-5H3. The SMILES string of the molecule is C=C(c1c(-c2ccc(OC)cc2)c2cc(N(C)C)ccc2n1C(C)=O)C(F)(F)F. The third kappa shape index (κ3) is 3.60. The van der Waals surface area contributed by atoms with Gasteiger partial charge < -0.3 is 9.64 Å². The fourth-order valence-electron chi connectivity index (χ4n) is 3.35. The van der Waals surface area contributed by atoms with Crippen LogP contribution >= 0.6 is 0 Å². The van der Waals surface area contributed by atoms with E-state index in [1.54, 1.807) is 42.5 Å². The predicted molar refractivity (Wildman–Crippen MR) is 110 cm³/mol. The second-order valence-corrected chi connectivity index (χ2v) is 6.88. The molecule has 2 aromatic carbocycles. The number of methoxy groups -OCH3 is 1. The van der Waals surface area contributed by atoms with E-state index in [9.17, 15) is 18.0 Å². The number of halogens is 3. The number of anilines is 1. The molecule has 152 valence electrons. The molecule has 0 saturated heterocycles. The van der Waals surface area contributed by atoms with Gasteiger partial charge in [-0.25, -0.2) is 0 Å². The van der Waals surface area contributed by atoms with Crippen LogP contribution in [0.2, 0.25) is 0 Å². The van der Waals surface area contributed by atoms with Gasteiger partial charge in [0, 0.05) is 37.7 Å². The van der Waals surface area contributed by atoms with E-state index in [0.29, 0.717) is 27.8 Å². The molecule has 0 radical (unpaired) electrons. The van der Waals surface area contributed by atoms with Gasteiger partial charge in [0.2, 0.25) is 5.91 Å². The lowest BCUT2D eigenvalue weighted by Gasteiger charge is -2.15. The monoisotopic (exact) mass is 402 g/mol. The quantitative estimate of drug-likeness (QED) is 0.568. The topological polar surface area (TPSA) is 34.5 Å². The number of hydrogen-bond donors (Lipinski definition) is 0. The largest absolute Gasteiger partial charge is 0.497 e. The van der Waals surface area contributed by atoms with Crippen LogP contribution in [0.5, 0.6) is 5.75 Å². The van der Waals surface area contributed by atoms with Gasteiger partial charge in [0.1, 0.15) is 5.75 Å². The smallest absolute Gasteiger partial charge is 0.417 e. The van der Waals surface area contributed by atoms with Crippen molar-refractivity contribution < 1.29 is 22.7 Å². The summed E-state index contributed by atoms with van der Waals surface area (Å²) in [5, 5.41) is 0.539. The van der Waals surface area contributed by atoms with Crippen molar-refractivity contribution in [3.05, 3.63) is 54.7 Å². The van der Waals surface area contributed by atoms with Crippen LogP contribution in [-0.2, 0) is 0 Å². The molecule has 4 nitrogen and oxygen atoms in total. The van der Waals surface area contributed by atoms with Crippen LogP contribution < -0.4 is 9.64 Å². The number of carbonyl (C=O) groups excluding carboxylic acids is 1. The van der Waals surface area contributed by atoms with E-state index in [2.05, 4.69) is 6.58 Å². The van der Waals surface area contributed by atoms with Crippen molar-refractivity contribution in [2.24, 2.45) is 0 Å². The number of ether oxygens (including phenoxy) is 1. The molecule has 0 aliphatic heterocycles. The molecule has 0 saturated carbocycles. The Hall–Kier alpha value is -3.22. The van der Waals surface area contributed by atoms with Gasteiger partial charge in [-0.15, -0.1) is 0 Å². The Bertz CT molecular complexity index is 1090. The van der Waals surface area contributed by atoms with E-state index in [1.165, 1.54) is 14.0 Å². The van der Waals surface area contributed by atoms with Crippen molar-refractivity contribution in [3.8, 4) is 16.9 Å². The first kappa shape index (κ1) is 20.5. The van der Waals surface area contributed by atoms with Crippen molar-refractivity contribution in [2.45, 2.75) is 13.1 Å². The van der Waals surface area contributed by atoms with Gasteiger partial charge in [-0.2, -0.15) is 13.2 Å². The number of benzene rings is 2. The Balaban J connectivity index is 2.47.